The summed E-state index contributed by atoms with van der Waals surface area (Å²) in [7, 11) is 0. The summed E-state index contributed by atoms with van der Waals surface area (Å²) >= 11 is 0. The van der Waals surface area contributed by atoms with Crippen molar-refractivity contribution in [3.63, 3.8) is 0 Å². The highest BCUT2D eigenvalue weighted by molar-refractivity contribution is 5.76. The van der Waals surface area contributed by atoms with Crippen LogP contribution in [0.4, 0.5) is 4.79 Å². The molecular formula is C14H24N2O3. The van der Waals surface area contributed by atoms with E-state index in [9.17, 15) is 9.59 Å². The van der Waals surface area contributed by atoms with Crippen LogP contribution in [-0.2, 0) is 4.79 Å². The molecule has 0 aromatic carbocycles. The van der Waals surface area contributed by atoms with Crippen LogP contribution in [0.1, 0.15) is 26.7 Å². The summed E-state index contributed by atoms with van der Waals surface area (Å²) in [5.74, 6) is -1.08. The lowest BCUT2D eigenvalue weighted by Crippen LogP contribution is -2.50. The van der Waals surface area contributed by atoms with Crippen molar-refractivity contribution in [2.24, 2.45) is 11.8 Å². The number of hydrogen-bond acceptors (Lipinski definition) is 2. The Balaban J connectivity index is 2.63. The third-order valence-electron chi connectivity index (χ3n) is 3.61. The van der Waals surface area contributed by atoms with Crippen molar-refractivity contribution in [2.75, 3.05) is 26.2 Å². The van der Waals surface area contributed by atoms with Crippen LogP contribution >= 0.6 is 0 Å². The highest BCUT2D eigenvalue weighted by atomic mass is 16.4. The summed E-state index contributed by atoms with van der Waals surface area (Å²) in [4.78, 5) is 26.9. The molecular weight excluding hydrogens is 244 g/mol. The summed E-state index contributed by atoms with van der Waals surface area (Å²) in [6.07, 6.45) is 3.16. The first-order valence-corrected chi connectivity index (χ1v) is 6.88. The fourth-order valence-corrected chi connectivity index (χ4v) is 2.58. The van der Waals surface area contributed by atoms with Gasteiger partial charge < -0.3 is 14.9 Å². The van der Waals surface area contributed by atoms with Crippen LogP contribution in [0.25, 0.3) is 0 Å². The Morgan fingerprint density at radius 3 is 2.68 bits per heavy atom. The predicted octanol–water partition coefficient (Wildman–Crippen LogP) is 2.05. The van der Waals surface area contributed by atoms with Crippen LogP contribution in [0.3, 0.4) is 0 Å². The highest BCUT2D eigenvalue weighted by Crippen LogP contribution is 2.24. The molecule has 5 nitrogen and oxygen atoms in total. The molecule has 1 aliphatic rings. The fourth-order valence-electron chi connectivity index (χ4n) is 2.58. The van der Waals surface area contributed by atoms with Gasteiger partial charge in [0.1, 0.15) is 0 Å². The molecule has 5 heteroatoms. The van der Waals surface area contributed by atoms with Gasteiger partial charge in [-0.15, -0.1) is 6.58 Å². The average molecular weight is 268 g/mol. The van der Waals surface area contributed by atoms with Crippen molar-refractivity contribution in [3.8, 4) is 0 Å². The molecule has 1 heterocycles. The molecule has 0 saturated carbocycles. The Morgan fingerprint density at radius 2 is 2.21 bits per heavy atom. The van der Waals surface area contributed by atoms with E-state index in [0.29, 0.717) is 32.6 Å². The maximum absolute atomic E-state index is 12.4. The van der Waals surface area contributed by atoms with E-state index in [1.165, 1.54) is 0 Å². The maximum Gasteiger partial charge on any atom is 0.320 e. The van der Waals surface area contributed by atoms with Crippen LogP contribution in [0, 0.1) is 11.8 Å². The lowest BCUT2D eigenvalue weighted by atomic mass is 9.87. The van der Waals surface area contributed by atoms with E-state index in [2.05, 4.69) is 6.58 Å². The van der Waals surface area contributed by atoms with E-state index < -0.39 is 5.97 Å². The number of rotatable bonds is 5. The van der Waals surface area contributed by atoms with Crippen LogP contribution in [-0.4, -0.2) is 53.1 Å². The molecule has 1 N–H and O–H groups in total. The van der Waals surface area contributed by atoms with Gasteiger partial charge in [-0.25, -0.2) is 4.79 Å². The van der Waals surface area contributed by atoms with Crippen molar-refractivity contribution in [2.45, 2.75) is 26.7 Å². The van der Waals surface area contributed by atoms with Crippen LogP contribution < -0.4 is 0 Å². The van der Waals surface area contributed by atoms with E-state index in [0.717, 1.165) is 6.42 Å². The monoisotopic (exact) mass is 268 g/mol. The van der Waals surface area contributed by atoms with Gasteiger partial charge in [0.15, 0.2) is 0 Å². The van der Waals surface area contributed by atoms with Crippen LogP contribution in [0.15, 0.2) is 12.7 Å². The normalized spacial score (nSPS) is 22.9. The van der Waals surface area contributed by atoms with Crippen molar-refractivity contribution >= 4 is 12.0 Å². The Morgan fingerprint density at radius 1 is 1.53 bits per heavy atom. The Kier molecular flexibility index (Phi) is 5.86. The summed E-state index contributed by atoms with van der Waals surface area (Å²) < 4.78 is 0. The quantitative estimate of drug-likeness (QED) is 0.776. The Labute approximate surface area is 114 Å². The first-order valence-electron chi connectivity index (χ1n) is 6.88. The predicted molar refractivity (Wildman–Crippen MR) is 73.9 cm³/mol. The van der Waals surface area contributed by atoms with Gasteiger partial charge in [0, 0.05) is 26.2 Å². The van der Waals surface area contributed by atoms with Gasteiger partial charge in [-0.05, 0) is 18.8 Å². The molecule has 108 valence electrons. The molecule has 0 bridgehead atoms. The van der Waals surface area contributed by atoms with Crippen LogP contribution in [0.2, 0.25) is 0 Å². The summed E-state index contributed by atoms with van der Waals surface area (Å²) in [5.41, 5.74) is 0. The van der Waals surface area contributed by atoms with Gasteiger partial charge >= 0.3 is 12.0 Å². The minimum Gasteiger partial charge on any atom is -0.481 e. The van der Waals surface area contributed by atoms with Gasteiger partial charge in [-0.2, -0.15) is 0 Å². The van der Waals surface area contributed by atoms with E-state index in [-0.39, 0.29) is 17.9 Å². The molecule has 0 aromatic rings. The maximum atomic E-state index is 12.4. The summed E-state index contributed by atoms with van der Waals surface area (Å²) in [6.45, 7) is 9.89. The molecule has 1 aliphatic heterocycles. The lowest BCUT2D eigenvalue weighted by molar-refractivity contribution is -0.145. The van der Waals surface area contributed by atoms with Gasteiger partial charge in [0.2, 0.25) is 0 Å². The standard InChI is InChI=1S/C14H24N2O3/c1-4-7-15(8-5-2)14(19)16-9-6-12(13(17)18)11(3)10-16/h4,11-12H,1,5-10H2,2-3H3,(H,17,18). The number of likely N-dealkylation sites (tertiary alicyclic amines) is 1. The molecule has 1 rings (SSSR count). The van der Waals surface area contributed by atoms with E-state index in [4.69, 9.17) is 5.11 Å². The van der Waals surface area contributed by atoms with Gasteiger partial charge in [-0.1, -0.05) is 19.9 Å². The van der Waals surface area contributed by atoms with Crippen molar-refractivity contribution in [1.29, 1.82) is 0 Å². The molecule has 1 fully saturated rings. The zero-order valence-corrected chi connectivity index (χ0v) is 11.8. The zero-order valence-electron chi connectivity index (χ0n) is 11.8. The Hall–Kier alpha value is -1.52. The minimum atomic E-state index is -0.754. The Bertz CT molecular complexity index is 344. The molecule has 0 radical (unpaired) electrons. The number of piperidine rings is 1. The average Bonchev–Trinajstić information content (AvgIpc) is 2.37. The second-order valence-electron chi connectivity index (χ2n) is 5.17. The molecule has 0 spiro atoms. The molecule has 19 heavy (non-hydrogen) atoms. The zero-order chi connectivity index (χ0) is 14.4. The number of nitrogens with zero attached hydrogens (tertiary/aromatic N) is 2. The number of hydrogen-bond donors (Lipinski definition) is 1. The minimum absolute atomic E-state index is 0.00223. The molecule has 2 unspecified atom stereocenters. The third kappa shape index (κ3) is 3.98. The second-order valence-corrected chi connectivity index (χ2v) is 5.17. The number of amides is 2. The molecule has 2 atom stereocenters. The smallest absolute Gasteiger partial charge is 0.320 e. The first kappa shape index (κ1) is 15.5. The third-order valence-corrected chi connectivity index (χ3v) is 3.61. The van der Waals surface area contributed by atoms with E-state index >= 15 is 0 Å². The number of carbonyl (C=O) groups excluding carboxylic acids is 1. The number of urea groups is 1. The lowest BCUT2D eigenvalue weighted by Gasteiger charge is -2.37. The van der Waals surface area contributed by atoms with E-state index in [1.54, 1.807) is 15.9 Å². The van der Waals surface area contributed by atoms with Gasteiger partial charge in [0.05, 0.1) is 5.92 Å². The summed E-state index contributed by atoms with van der Waals surface area (Å²) in [5, 5.41) is 9.08. The van der Waals surface area contributed by atoms with Gasteiger partial charge in [0.25, 0.3) is 0 Å². The van der Waals surface area contributed by atoms with Crippen molar-refractivity contribution < 1.29 is 14.7 Å². The number of carboxylic acids is 1. The highest BCUT2D eigenvalue weighted by Gasteiger charge is 2.34. The molecule has 2 amide bonds. The van der Waals surface area contributed by atoms with Crippen LogP contribution in [0.5, 0.6) is 0 Å². The van der Waals surface area contributed by atoms with Gasteiger partial charge in [-0.3, -0.25) is 4.79 Å². The summed E-state index contributed by atoms with van der Waals surface area (Å²) in [6, 6.07) is -0.00237. The van der Waals surface area contributed by atoms with Crippen molar-refractivity contribution in [3.05, 3.63) is 12.7 Å². The molecule has 0 aromatic heterocycles. The van der Waals surface area contributed by atoms with E-state index in [1.807, 2.05) is 13.8 Å². The second kappa shape index (κ2) is 7.16. The topological polar surface area (TPSA) is 60.9 Å². The SMILES string of the molecule is C=CCN(CCC)C(=O)N1CCC(C(=O)O)C(C)C1. The number of carbonyl (C=O) groups is 2. The fraction of sp³-hybridized carbons (Fsp3) is 0.714. The molecule has 1 saturated heterocycles. The number of aliphatic carboxylic acids is 1. The number of carboxylic acid groups (broad SMARTS) is 1. The largest absolute Gasteiger partial charge is 0.481 e. The van der Waals surface area contributed by atoms with Crippen molar-refractivity contribution in [1.82, 2.24) is 9.80 Å². The first-order chi connectivity index (χ1) is 9.01. The molecule has 0 aliphatic carbocycles.